The zero-order valence-corrected chi connectivity index (χ0v) is 12.2. The van der Waals surface area contributed by atoms with Gasteiger partial charge in [-0.2, -0.15) is 0 Å². The molecule has 2 nitrogen and oxygen atoms in total. The molecule has 5 heteroatoms. The molecule has 2 rings (SSSR count). The first-order valence-electron chi connectivity index (χ1n) is 5.39. The van der Waals surface area contributed by atoms with Gasteiger partial charge in [0.15, 0.2) is 0 Å². The molecule has 0 aromatic heterocycles. The van der Waals surface area contributed by atoms with Crippen LogP contribution in [-0.4, -0.2) is 16.7 Å². The third-order valence-electron chi connectivity index (χ3n) is 3.32. The number of anilines is 1. The van der Waals surface area contributed by atoms with Crippen molar-refractivity contribution in [2.24, 2.45) is 0 Å². The Morgan fingerprint density at radius 2 is 2.12 bits per heavy atom. The molecule has 1 aliphatic heterocycles. The highest BCUT2D eigenvalue weighted by Crippen LogP contribution is 2.46. The van der Waals surface area contributed by atoms with Crippen LogP contribution in [0.25, 0.3) is 0 Å². The van der Waals surface area contributed by atoms with Gasteiger partial charge in [-0.05, 0) is 35.8 Å². The molecule has 17 heavy (non-hydrogen) atoms. The summed E-state index contributed by atoms with van der Waals surface area (Å²) in [6.45, 7) is 5.53. The van der Waals surface area contributed by atoms with Gasteiger partial charge >= 0.3 is 0 Å². The molecule has 0 saturated carbocycles. The third-order valence-corrected chi connectivity index (χ3v) is 4.58. The second kappa shape index (κ2) is 4.11. The summed E-state index contributed by atoms with van der Waals surface area (Å²) in [4.78, 5) is 0. The fraction of sp³-hybridized carbons (Fsp3) is 0.500. The van der Waals surface area contributed by atoms with Crippen LogP contribution in [0.15, 0.2) is 10.5 Å². The molecule has 2 N–H and O–H groups in total. The highest BCUT2D eigenvalue weighted by Gasteiger charge is 2.41. The second-order valence-corrected chi connectivity index (χ2v) is 6.26. The van der Waals surface area contributed by atoms with E-state index in [1.165, 1.54) is 6.07 Å². The summed E-state index contributed by atoms with van der Waals surface area (Å²) < 4.78 is 14.4. The monoisotopic (exact) mass is 321 g/mol. The van der Waals surface area contributed by atoms with Crippen molar-refractivity contribution in [3.63, 3.8) is 0 Å². The topological polar surface area (TPSA) is 32.3 Å². The Morgan fingerprint density at radius 1 is 1.53 bits per heavy atom. The Morgan fingerprint density at radius 3 is 2.71 bits per heavy atom. The standard InChI is InChI=1S/C12H14BrClFNO/c1-5-8-9(14)6(13)4-7(15)10(8)16-12(2,3)11(5)17/h4-5,11,16-17H,1-3H3/t5-,11+/m0/s1. The molecule has 0 unspecified atom stereocenters. The molecule has 1 heterocycles. The molecule has 0 amide bonds. The summed E-state index contributed by atoms with van der Waals surface area (Å²) in [7, 11) is 0. The van der Waals surface area contributed by atoms with Crippen LogP contribution in [0, 0.1) is 5.82 Å². The average molecular weight is 323 g/mol. The predicted molar refractivity (Wildman–Crippen MR) is 71.2 cm³/mol. The SMILES string of the molecule is C[C@H]1c2c(Cl)c(Br)cc(F)c2NC(C)(C)[C@@H]1O. The Kier molecular flexibility index (Phi) is 3.17. The van der Waals surface area contributed by atoms with Gasteiger partial charge in [-0.1, -0.05) is 18.5 Å². The van der Waals surface area contributed by atoms with E-state index < -0.39 is 11.6 Å². The molecule has 2 atom stereocenters. The van der Waals surface area contributed by atoms with Crippen molar-refractivity contribution < 1.29 is 9.50 Å². The van der Waals surface area contributed by atoms with Crippen molar-refractivity contribution in [1.29, 1.82) is 0 Å². The van der Waals surface area contributed by atoms with E-state index in [2.05, 4.69) is 21.2 Å². The van der Waals surface area contributed by atoms with E-state index in [0.717, 1.165) is 0 Å². The molecule has 1 aromatic carbocycles. The number of fused-ring (bicyclic) bond motifs is 1. The van der Waals surface area contributed by atoms with Crippen molar-refractivity contribution in [2.75, 3.05) is 5.32 Å². The summed E-state index contributed by atoms with van der Waals surface area (Å²) in [6.07, 6.45) is -0.624. The first kappa shape index (κ1) is 13.1. The van der Waals surface area contributed by atoms with Gasteiger partial charge in [0.2, 0.25) is 0 Å². The molecule has 1 aliphatic rings. The highest BCUT2D eigenvalue weighted by molar-refractivity contribution is 9.10. The molecule has 0 bridgehead atoms. The molecule has 0 aliphatic carbocycles. The number of benzene rings is 1. The zero-order valence-electron chi connectivity index (χ0n) is 9.81. The van der Waals surface area contributed by atoms with Gasteiger partial charge in [0.25, 0.3) is 0 Å². The molecule has 0 radical (unpaired) electrons. The fourth-order valence-corrected chi connectivity index (χ4v) is 3.08. The maximum atomic E-state index is 13.9. The summed E-state index contributed by atoms with van der Waals surface area (Å²) >= 11 is 9.39. The largest absolute Gasteiger partial charge is 0.390 e. The number of nitrogens with one attached hydrogen (secondary N) is 1. The number of hydrogen-bond acceptors (Lipinski definition) is 2. The van der Waals surface area contributed by atoms with E-state index in [-0.39, 0.29) is 11.7 Å². The molecule has 94 valence electrons. The number of hydrogen-bond donors (Lipinski definition) is 2. The lowest BCUT2D eigenvalue weighted by Crippen LogP contribution is -2.50. The summed E-state index contributed by atoms with van der Waals surface area (Å²) in [6, 6.07) is 1.34. The molecule has 0 spiro atoms. The highest BCUT2D eigenvalue weighted by atomic mass is 79.9. The minimum atomic E-state index is -0.624. The molecule has 1 aromatic rings. The average Bonchev–Trinajstić information content (AvgIpc) is 2.22. The number of aliphatic hydroxyl groups excluding tert-OH is 1. The fourth-order valence-electron chi connectivity index (χ4n) is 2.35. The van der Waals surface area contributed by atoms with Gasteiger partial charge in [0, 0.05) is 16.0 Å². The van der Waals surface area contributed by atoms with Crippen LogP contribution in [0.4, 0.5) is 10.1 Å². The minimum absolute atomic E-state index is 0.222. The first-order chi connectivity index (χ1) is 7.75. The lowest BCUT2D eigenvalue weighted by molar-refractivity contribution is 0.0865. The second-order valence-electron chi connectivity index (χ2n) is 5.02. The van der Waals surface area contributed by atoms with E-state index in [1.54, 1.807) is 0 Å². The van der Waals surface area contributed by atoms with Gasteiger partial charge in [0.1, 0.15) is 5.82 Å². The van der Waals surface area contributed by atoms with Crippen LogP contribution in [0.3, 0.4) is 0 Å². The lowest BCUT2D eigenvalue weighted by Gasteiger charge is -2.42. The summed E-state index contributed by atoms with van der Waals surface area (Å²) in [5.41, 5.74) is 0.441. The van der Waals surface area contributed by atoms with Gasteiger partial charge in [-0.3, -0.25) is 0 Å². The molecular weight excluding hydrogens is 308 g/mol. The van der Waals surface area contributed by atoms with Gasteiger partial charge in [-0.15, -0.1) is 0 Å². The Hall–Kier alpha value is -0.320. The Balaban J connectivity index is 2.69. The van der Waals surface area contributed by atoms with Crippen molar-refractivity contribution in [1.82, 2.24) is 0 Å². The smallest absolute Gasteiger partial charge is 0.147 e. The maximum Gasteiger partial charge on any atom is 0.147 e. The van der Waals surface area contributed by atoms with E-state index in [1.807, 2.05) is 20.8 Å². The Labute approximate surface area is 113 Å². The van der Waals surface area contributed by atoms with Crippen molar-refractivity contribution >= 4 is 33.2 Å². The van der Waals surface area contributed by atoms with Crippen LogP contribution in [0.1, 0.15) is 32.3 Å². The summed E-state index contributed by atoms with van der Waals surface area (Å²) in [5.74, 6) is -0.580. The van der Waals surface area contributed by atoms with Crippen LogP contribution in [0.5, 0.6) is 0 Å². The number of halogens is 3. The van der Waals surface area contributed by atoms with E-state index in [9.17, 15) is 9.50 Å². The quantitative estimate of drug-likeness (QED) is 0.710. The van der Waals surface area contributed by atoms with Crippen molar-refractivity contribution in [3.05, 3.63) is 26.9 Å². The lowest BCUT2D eigenvalue weighted by atomic mass is 9.79. The zero-order chi connectivity index (χ0) is 13.0. The molecule has 0 fully saturated rings. The van der Waals surface area contributed by atoms with E-state index in [4.69, 9.17) is 11.6 Å². The van der Waals surface area contributed by atoms with Gasteiger partial charge in [0.05, 0.1) is 22.4 Å². The van der Waals surface area contributed by atoms with Crippen LogP contribution < -0.4 is 5.32 Å². The van der Waals surface area contributed by atoms with Gasteiger partial charge < -0.3 is 10.4 Å². The van der Waals surface area contributed by atoms with Crippen LogP contribution in [-0.2, 0) is 0 Å². The number of rotatable bonds is 0. The molecule has 0 saturated heterocycles. The minimum Gasteiger partial charge on any atom is -0.390 e. The first-order valence-corrected chi connectivity index (χ1v) is 6.56. The number of aliphatic hydroxyl groups is 1. The van der Waals surface area contributed by atoms with Crippen molar-refractivity contribution in [3.8, 4) is 0 Å². The normalized spacial score (nSPS) is 26.3. The van der Waals surface area contributed by atoms with Crippen LogP contribution >= 0.6 is 27.5 Å². The van der Waals surface area contributed by atoms with E-state index in [0.29, 0.717) is 20.7 Å². The third kappa shape index (κ3) is 1.96. The summed E-state index contributed by atoms with van der Waals surface area (Å²) in [5, 5.41) is 13.7. The van der Waals surface area contributed by atoms with Gasteiger partial charge in [-0.25, -0.2) is 4.39 Å². The molecular formula is C12H14BrClFNO. The van der Waals surface area contributed by atoms with E-state index >= 15 is 0 Å². The predicted octanol–water partition coefficient (Wildman–Crippen LogP) is 3.91. The van der Waals surface area contributed by atoms with Crippen molar-refractivity contribution in [2.45, 2.75) is 38.3 Å². The van der Waals surface area contributed by atoms with Crippen LogP contribution in [0.2, 0.25) is 5.02 Å². The maximum absolute atomic E-state index is 13.9. The Bertz CT molecular complexity index is 478.